The second-order valence-corrected chi connectivity index (χ2v) is 5.44. The molecule has 0 atom stereocenters. The molecule has 4 N–H and O–H groups in total. The van der Waals surface area contributed by atoms with Crippen molar-refractivity contribution in [2.75, 3.05) is 6.16 Å². The number of rotatable bonds is 4. The smallest absolute Gasteiger partial charge is 0.324 e. The van der Waals surface area contributed by atoms with Gasteiger partial charge in [0.05, 0.1) is 6.16 Å². The molecule has 0 heterocycles. The van der Waals surface area contributed by atoms with E-state index in [-0.39, 0.29) is 6.29 Å². The van der Waals surface area contributed by atoms with Crippen LogP contribution >= 0.6 is 15.2 Å². The van der Waals surface area contributed by atoms with Gasteiger partial charge in [-0.3, -0.25) is 13.9 Å². The zero-order valence-electron chi connectivity index (χ0n) is 6.27. The molecule has 0 spiro atoms. The van der Waals surface area contributed by atoms with Crippen LogP contribution in [0.4, 0.5) is 0 Å². The fourth-order valence-electron chi connectivity index (χ4n) is 0.448. The average molecular weight is 230 g/mol. The Morgan fingerprint density at radius 2 is 1.62 bits per heavy atom. The molecule has 0 aliphatic rings. The van der Waals surface area contributed by atoms with Crippen LogP contribution in [0.15, 0.2) is 11.4 Å². The zero-order chi connectivity index (χ0) is 10.7. The van der Waals surface area contributed by atoms with Crippen LogP contribution in [0.1, 0.15) is 0 Å². The second kappa shape index (κ2) is 4.28. The minimum absolute atomic E-state index is 0.129. The van der Waals surface area contributed by atoms with E-state index in [0.717, 1.165) is 0 Å². The molecule has 0 aliphatic heterocycles. The lowest BCUT2D eigenvalue weighted by Gasteiger charge is -2.02. The van der Waals surface area contributed by atoms with E-state index in [9.17, 15) is 13.9 Å². The minimum Gasteiger partial charge on any atom is -0.324 e. The molecule has 13 heavy (non-hydrogen) atoms. The molecule has 0 aromatic heterocycles. The Hall–Kier alpha value is -0.290. The van der Waals surface area contributed by atoms with Gasteiger partial charge in [0.15, 0.2) is 6.29 Å². The first-order valence-corrected chi connectivity index (χ1v) is 6.34. The van der Waals surface area contributed by atoms with Crippen molar-refractivity contribution >= 4 is 21.5 Å². The van der Waals surface area contributed by atoms with Gasteiger partial charge in [0, 0.05) is 0 Å². The van der Waals surface area contributed by atoms with E-state index in [1.807, 2.05) is 0 Å². The van der Waals surface area contributed by atoms with E-state index in [0.29, 0.717) is 6.08 Å². The highest BCUT2D eigenvalue weighted by atomic mass is 31.2. The fraction of sp³-hybridized carbons (Fsp3) is 0.250. The molecule has 9 heteroatoms. The normalized spacial score (nSPS) is 14.3. The average Bonchev–Trinajstić information content (AvgIpc) is 1.82. The Morgan fingerprint density at radius 3 is 1.85 bits per heavy atom. The van der Waals surface area contributed by atoms with Gasteiger partial charge >= 0.3 is 15.2 Å². The molecule has 0 aliphatic carbocycles. The first kappa shape index (κ1) is 12.7. The molecule has 0 saturated heterocycles. The number of hydrogen-bond donors (Lipinski definition) is 4. The molecule has 0 aromatic rings. The van der Waals surface area contributed by atoms with E-state index >= 15 is 0 Å². The van der Waals surface area contributed by atoms with Crippen molar-refractivity contribution in [1.29, 1.82) is 0 Å². The zero-order valence-corrected chi connectivity index (χ0v) is 8.06. The Labute approximate surface area is 73.4 Å². The van der Waals surface area contributed by atoms with Crippen molar-refractivity contribution in [3.63, 3.8) is 0 Å². The van der Waals surface area contributed by atoms with Gasteiger partial charge < -0.3 is 19.6 Å². The summed E-state index contributed by atoms with van der Waals surface area (Å²) in [4.78, 5) is 43.6. The first-order chi connectivity index (χ1) is 5.67. The quantitative estimate of drug-likeness (QED) is 0.288. The van der Waals surface area contributed by atoms with Gasteiger partial charge in [-0.25, -0.2) is 0 Å². The fourth-order valence-corrected chi connectivity index (χ4v) is 1.49. The highest BCUT2D eigenvalue weighted by Crippen LogP contribution is 2.45. The molecule has 0 fully saturated rings. The minimum atomic E-state index is -4.71. The molecule has 7 nitrogen and oxygen atoms in total. The standard InChI is InChI=1S/C4H8O7P2/c5-3-4(13(9,10)11)1-2-12(6,7)8/h1,3H,2H2,(H2,6,7,8)(H2,9,10,11). The van der Waals surface area contributed by atoms with Gasteiger partial charge in [0.2, 0.25) is 0 Å². The van der Waals surface area contributed by atoms with Crippen molar-refractivity contribution in [3.8, 4) is 0 Å². The highest BCUT2D eigenvalue weighted by molar-refractivity contribution is 7.58. The Morgan fingerprint density at radius 1 is 1.15 bits per heavy atom. The third kappa shape index (κ3) is 5.87. The van der Waals surface area contributed by atoms with Gasteiger partial charge in [-0.15, -0.1) is 0 Å². The van der Waals surface area contributed by atoms with Crippen LogP contribution < -0.4 is 0 Å². The number of carbonyl (C=O) groups excluding carboxylic acids is 1. The Balaban J connectivity index is 4.72. The second-order valence-electron chi connectivity index (χ2n) is 2.14. The van der Waals surface area contributed by atoms with Crippen molar-refractivity contribution in [3.05, 3.63) is 11.4 Å². The maximum Gasteiger partial charge on any atom is 0.359 e. The number of carbonyl (C=O) groups is 1. The lowest BCUT2D eigenvalue weighted by atomic mass is 10.6. The third-order valence-electron chi connectivity index (χ3n) is 0.995. The number of aldehydes is 1. The van der Waals surface area contributed by atoms with Crippen LogP contribution in [0.2, 0.25) is 0 Å². The van der Waals surface area contributed by atoms with Crippen LogP contribution in [0.25, 0.3) is 0 Å². The van der Waals surface area contributed by atoms with Gasteiger partial charge in [-0.1, -0.05) is 6.08 Å². The molecule has 0 amide bonds. The monoisotopic (exact) mass is 230 g/mol. The molecule has 0 bridgehead atoms. The SMILES string of the molecule is O=CC(=CCP(=O)(O)O)P(=O)(O)O. The van der Waals surface area contributed by atoms with Crippen molar-refractivity contribution in [2.45, 2.75) is 0 Å². The topological polar surface area (TPSA) is 132 Å². The Bertz CT molecular complexity index is 306. The van der Waals surface area contributed by atoms with Gasteiger partial charge in [-0.2, -0.15) is 0 Å². The molecular formula is C4H8O7P2. The first-order valence-electron chi connectivity index (χ1n) is 2.93. The molecule has 0 saturated carbocycles. The molecule has 0 unspecified atom stereocenters. The largest absolute Gasteiger partial charge is 0.359 e. The van der Waals surface area contributed by atoms with Crippen LogP contribution in [-0.4, -0.2) is 32.0 Å². The van der Waals surface area contributed by atoms with Gasteiger partial charge in [0.1, 0.15) is 5.31 Å². The van der Waals surface area contributed by atoms with Crippen LogP contribution in [-0.2, 0) is 13.9 Å². The van der Waals surface area contributed by atoms with Gasteiger partial charge in [0.25, 0.3) is 0 Å². The van der Waals surface area contributed by atoms with Crippen molar-refractivity contribution in [2.24, 2.45) is 0 Å². The van der Waals surface area contributed by atoms with E-state index in [1.54, 1.807) is 0 Å². The maximum atomic E-state index is 10.4. The van der Waals surface area contributed by atoms with Crippen molar-refractivity contribution in [1.82, 2.24) is 0 Å². The lowest BCUT2D eigenvalue weighted by Crippen LogP contribution is -1.91. The van der Waals surface area contributed by atoms with E-state index in [1.165, 1.54) is 0 Å². The van der Waals surface area contributed by atoms with E-state index in [4.69, 9.17) is 19.6 Å². The van der Waals surface area contributed by atoms with E-state index in [2.05, 4.69) is 0 Å². The summed E-state index contributed by atoms with van der Waals surface area (Å²) in [7, 11) is -9.09. The summed E-state index contributed by atoms with van der Waals surface area (Å²) in [5.74, 6) is 0. The summed E-state index contributed by atoms with van der Waals surface area (Å²) in [6, 6.07) is 0. The Kier molecular flexibility index (Phi) is 4.19. The number of allylic oxidation sites excluding steroid dienone is 2. The number of hydrogen-bond acceptors (Lipinski definition) is 3. The van der Waals surface area contributed by atoms with Crippen LogP contribution in [0.5, 0.6) is 0 Å². The summed E-state index contributed by atoms with van der Waals surface area (Å²) in [6.45, 7) is 0. The van der Waals surface area contributed by atoms with E-state index < -0.39 is 26.7 Å². The summed E-state index contributed by atoms with van der Waals surface area (Å²) in [6.07, 6.45) is -0.461. The highest BCUT2D eigenvalue weighted by Gasteiger charge is 2.21. The summed E-state index contributed by atoms with van der Waals surface area (Å²) in [5, 5.41) is -0.921. The predicted molar refractivity (Wildman–Crippen MR) is 43.1 cm³/mol. The lowest BCUT2D eigenvalue weighted by molar-refractivity contribution is -0.104. The maximum absolute atomic E-state index is 10.4. The van der Waals surface area contributed by atoms with Gasteiger partial charge in [-0.05, 0) is 0 Å². The van der Waals surface area contributed by atoms with Crippen LogP contribution in [0.3, 0.4) is 0 Å². The molecule has 0 rings (SSSR count). The predicted octanol–water partition coefficient (Wildman–Crippen LogP) is -0.575. The molecule has 0 radical (unpaired) electrons. The van der Waals surface area contributed by atoms with Crippen molar-refractivity contribution < 1.29 is 33.5 Å². The summed E-state index contributed by atoms with van der Waals surface area (Å²) in [5.41, 5.74) is 0. The third-order valence-corrected chi connectivity index (χ3v) is 2.61. The molecule has 76 valence electrons. The molecular weight excluding hydrogens is 222 g/mol. The summed E-state index contributed by atoms with van der Waals surface area (Å²) < 4.78 is 20.7. The molecule has 0 aromatic carbocycles. The summed E-state index contributed by atoms with van der Waals surface area (Å²) >= 11 is 0. The van der Waals surface area contributed by atoms with Crippen LogP contribution in [0, 0.1) is 0 Å².